The van der Waals surface area contributed by atoms with Gasteiger partial charge < -0.3 is 15.8 Å². The van der Waals surface area contributed by atoms with Gasteiger partial charge in [0.25, 0.3) is 5.91 Å². The van der Waals surface area contributed by atoms with Gasteiger partial charge in [-0.3, -0.25) is 4.79 Å². The number of nitrogen functional groups attached to an aromatic ring is 1. The lowest BCUT2D eigenvalue weighted by Crippen LogP contribution is -2.39. The van der Waals surface area contributed by atoms with Crippen molar-refractivity contribution in [1.29, 1.82) is 0 Å². The molecule has 1 aromatic carbocycles. The van der Waals surface area contributed by atoms with E-state index in [1.54, 1.807) is 19.1 Å². The SMILES string of the molecule is COC(=O)[C@H](C)NC(=O)c1ccc(Br)c(N)c1. The Morgan fingerprint density at radius 3 is 2.65 bits per heavy atom. The van der Waals surface area contributed by atoms with Crippen molar-refractivity contribution in [3.63, 3.8) is 0 Å². The number of halogens is 1. The van der Waals surface area contributed by atoms with Gasteiger partial charge in [-0.25, -0.2) is 4.79 Å². The quantitative estimate of drug-likeness (QED) is 0.652. The van der Waals surface area contributed by atoms with Gasteiger partial charge in [-0.1, -0.05) is 0 Å². The number of nitrogens with two attached hydrogens (primary N) is 1. The monoisotopic (exact) mass is 300 g/mol. The molecule has 0 aromatic heterocycles. The maximum atomic E-state index is 11.7. The zero-order valence-corrected chi connectivity index (χ0v) is 11.1. The van der Waals surface area contributed by atoms with Crippen molar-refractivity contribution in [3.8, 4) is 0 Å². The highest BCUT2D eigenvalue weighted by Gasteiger charge is 2.17. The average molecular weight is 301 g/mol. The van der Waals surface area contributed by atoms with Crippen LogP contribution in [0.4, 0.5) is 5.69 Å². The van der Waals surface area contributed by atoms with Crippen LogP contribution in [-0.2, 0) is 9.53 Å². The Bertz CT molecular complexity index is 448. The molecule has 0 saturated carbocycles. The number of anilines is 1. The molecule has 6 heteroatoms. The number of nitrogens with one attached hydrogen (secondary N) is 1. The summed E-state index contributed by atoms with van der Waals surface area (Å²) in [5.41, 5.74) is 6.51. The molecule has 0 aliphatic rings. The van der Waals surface area contributed by atoms with Gasteiger partial charge in [-0.2, -0.15) is 0 Å². The first-order valence-corrected chi connectivity index (χ1v) is 5.68. The third kappa shape index (κ3) is 3.45. The zero-order chi connectivity index (χ0) is 13.0. The molecule has 0 heterocycles. The maximum Gasteiger partial charge on any atom is 0.328 e. The van der Waals surface area contributed by atoms with Crippen LogP contribution < -0.4 is 11.1 Å². The van der Waals surface area contributed by atoms with Crippen molar-refractivity contribution in [2.75, 3.05) is 12.8 Å². The van der Waals surface area contributed by atoms with Crippen molar-refractivity contribution < 1.29 is 14.3 Å². The molecule has 0 bridgehead atoms. The molecule has 0 radical (unpaired) electrons. The van der Waals surface area contributed by atoms with Crippen molar-refractivity contribution in [1.82, 2.24) is 5.32 Å². The number of carbonyl (C=O) groups excluding carboxylic acids is 2. The molecule has 92 valence electrons. The first-order chi connectivity index (χ1) is 7.95. The molecule has 3 N–H and O–H groups in total. The molecule has 0 fully saturated rings. The second-order valence-electron chi connectivity index (χ2n) is 3.45. The van der Waals surface area contributed by atoms with E-state index in [4.69, 9.17) is 5.73 Å². The lowest BCUT2D eigenvalue weighted by atomic mass is 10.2. The topological polar surface area (TPSA) is 81.4 Å². The van der Waals surface area contributed by atoms with E-state index in [1.165, 1.54) is 13.2 Å². The third-order valence-electron chi connectivity index (χ3n) is 2.16. The smallest absolute Gasteiger partial charge is 0.328 e. The number of carbonyl (C=O) groups is 2. The summed E-state index contributed by atoms with van der Waals surface area (Å²) < 4.78 is 5.22. The highest BCUT2D eigenvalue weighted by atomic mass is 79.9. The molecule has 0 aliphatic carbocycles. The summed E-state index contributed by atoms with van der Waals surface area (Å²) in [4.78, 5) is 22.9. The normalized spacial score (nSPS) is 11.7. The second kappa shape index (κ2) is 5.67. The van der Waals surface area contributed by atoms with Crippen LogP contribution in [0.1, 0.15) is 17.3 Å². The third-order valence-corrected chi connectivity index (χ3v) is 2.88. The van der Waals surface area contributed by atoms with Crippen molar-refractivity contribution in [3.05, 3.63) is 28.2 Å². The number of rotatable bonds is 3. The number of amides is 1. The second-order valence-corrected chi connectivity index (χ2v) is 4.31. The Kier molecular flexibility index (Phi) is 4.51. The molecule has 1 rings (SSSR count). The molecule has 0 unspecified atom stereocenters. The average Bonchev–Trinajstić information content (AvgIpc) is 2.31. The summed E-state index contributed by atoms with van der Waals surface area (Å²) in [7, 11) is 1.27. The Morgan fingerprint density at radius 1 is 1.47 bits per heavy atom. The van der Waals surface area contributed by atoms with Crippen LogP contribution in [-0.4, -0.2) is 25.0 Å². The largest absolute Gasteiger partial charge is 0.467 e. The number of esters is 1. The minimum atomic E-state index is -0.697. The number of hydrogen-bond acceptors (Lipinski definition) is 4. The summed E-state index contributed by atoms with van der Waals surface area (Å²) in [6.45, 7) is 1.55. The fourth-order valence-corrected chi connectivity index (χ4v) is 1.45. The van der Waals surface area contributed by atoms with Gasteiger partial charge in [0, 0.05) is 15.7 Å². The van der Waals surface area contributed by atoms with E-state index in [2.05, 4.69) is 26.0 Å². The van der Waals surface area contributed by atoms with Gasteiger partial charge in [0.05, 0.1) is 7.11 Å². The zero-order valence-electron chi connectivity index (χ0n) is 9.49. The highest BCUT2D eigenvalue weighted by molar-refractivity contribution is 9.10. The molecule has 0 spiro atoms. The summed E-state index contributed by atoms with van der Waals surface area (Å²) in [5, 5.41) is 2.51. The predicted molar refractivity (Wildman–Crippen MR) is 67.5 cm³/mol. The minimum absolute atomic E-state index is 0.373. The van der Waals surface area contributed by atoms with E-state index >= 15 is 0 Å². The van der Waals surface area contributed by atoms with Crippen molar-refractivity contribution >= 4 is 33.5 Å². The van der Waals surface area contributed by atoms with Gasteiger partial charge in [0.15, 0.2) is 0 Å². The highest BCUT2D eigenvalue weighted by Crippen LogP contribution is 2.20. The molecule has 0 saturated heterocycles. The Hall–Kier alpha value is -1.56. The van der Waals surface area contributed by atoms with Gasteiger partial charge in [-0.05, 0) is 41.1 Å². The van der Waals surface area contributed by atoms with Crippen molar-refractivity contribution in [2.24, 2.45) is 0 Å². The van der Waals surface area contributed by atoms with Crippen LogP contribution in [0, 0.1) is 0 Å². The standard InChI is InChI=1S/C11H13BrN2O3/c1-6(11(16)17-2)14-10(15)7-3-4-8(12)9(13)5-7/h3-6H,13H2,1-2H3,(H,14,15)/t6-/m0/s1. The van der Waals surface area contributed by atoms with E-state index < -0.39 is 12.0 Å². The Balaban J connectivity index is 2.76. The number of hydrogen-bond donors (Lipinski definition) is 2. The van der Waals surface area contributed by atoms with Crippen LogP contribution in [0.2, 0.25) is 0 Å². The molecule has 1 atom stereocenters. The molecule has 1 aromatic rings. The molecular weight excluding hydrogens is 288 g/mol. The molecule has 0 aliphatic heterocycles. The predicted octanol–water partition coefficient (Wildman–Crippen LogP) is 1.32. The van der Waals surface area contributed by atoms with Gasteiger partial charge >= 0.3 is 5.97 Å². The molecule has 17 heavy (non-hydrogen) atoms. The summed E-state index contributed by atoms with van der Waals surface area (Å²) in [6.07, 6.45) is 0. The lowest BCUT2D eigenvalue weighted by molar-refractivity contribution is -0.142. The first-order valence-electron chi connectivity index (χ1n) is 4.89. The van der Waals surface area contributed by atoms with E-state index in [0.29, 0.717) is 11.3 Å². The number of benzene rings is 1. The first kappa shape index (κ1) is 13.5. The van der Waals surface area contributed by atoms with Crippen molar-refractivity contribution in [2.45, 2.75) is 13.0 Å². The molecule has 1 amide bonds. The molecule has 5 nitrogen and oxygen atoms in total. The summed E-state index contributed by atoms with van der Waals surface area (Å²) in [6, 6.07) is 4.12. The lowest BCUT2D eigenvalue weighted by Gasteiger charge is -2.11. The Labute approximate surface area is 107 Å². The maximum absolute atomic E-state index is 11.7. The fraction of sp³-hybridized carbons (Fsp3) is 0.273. The van der Waals surface area contributed by atoms with E-state index in [9.17, 15) is 9.59 Å². The van der Waals surface area contributed by atoms with Gasteiger partial charge in [0.2, 0.25) is 0 Å². The fourth-order valence-electron chi connectivity index (χ4n) is 1.20. The van der Waals surface area contributed by atoms with E-state index in [1.807, 2.05) is 0 Å². The number of methoxy groups -OCH3 is 1. The van der Waals surface area contributed by atoms with E-state index in [-0.39, 0.29) is 5.91 Å². The minimum Gasteiger partial charge on any atom is -0.467 e. The Morgan fingerprint density at radius 2 is 2.12 bits per heavy atom. The molecular formula is C11H13BrN2O3. The van der Waals surface area contributed by atoms with Gasteiger partial charge in [0.1, 0.15) is 6.04 Å². The van der Waals surface area contributed by atoms with E-state index in [0.717, 1.165) is 4.47 Å². The summed E-state index contributed by atoms with van der Waals surface area (Å²) in [5.74, 6) is -0.870. The van der Waals surface area contributed by atoms with Gasteiger partial charge in [-0.15, -0.1) is 0 Å². The van der Waals surface area contributed by atoms with Crippen LogP contribution in [0.25, 0.3) is 0 Å². The summed E-state index contributed by atoms with van der Waals surface area (Å²) >= 11 is 3.23. The number of ether oxygens (including phenoxy) is 1. The van der Waals surface area contributed by atoms with Crippen LogP contribution in [0.15, 0.2) is 22.7 Å². The van der Waals surface area contributed by atoms with Crippen LogP contribution in [0.5, 0.6) is 0 Å². The van der Waals surface area contributed by atoms with Crippen LogP contribution >= 0.6 is 15.9 Å². The van der Waals surface area contributed by atoms with Crippen LogP contribution in [0.3, 0.4) is 0 Å².